The summed E-state index contributed by atoms with van der Waals surface area (Å²) in [5.41, 5.74) is 1.60. The summed E-state index contributed by atoms with van der Waals surface area (Å²) < 4.78 is 11.2. The van der Waals surface area contributed by atoms with E-state index in [1.165, 1.54) is 0 Å². The Balaban J connectivity index is 1.35. The fourth-order valence-electron chi connectivity index (χ4n) is 3.70. The van der Waals surface area contributed by atoms with Gasteiger partial charge in [-0.1, -0.05) is 48.5 Å². The van der Waals surface area contributed by atoms with E-state index >= 15 is 0 Å². The van der Waals surface area contributed by atoms with Gasteiger partial charge in [0.25, 0.3) is 5.91 Å². The quantitative estimate of drug-likeness (QED) is 0.574. The monoisotopic (exact) mass is 420 g/mol. The van der Waals surface area contributed by atoms with Gasteiger partial charge in [-0.05, 0) is 31.5 Å². The van der Waals surface area contributed by atoms with Gasteiger partial charge in [0.1, 0.15) is 5.75 Å². The predicted molar refractivity (Wildman–Crippen MR) is 118 cm³/mol. The number of hydrogen-bond acceptors (Lipinski definition) is 6. The Morgan fingerprint density at radius 1 is 1.10 bits per heavy atom. The lowest BCUT2D eigenvalue weighted by Crippen LogP contribution is -2.49. The van der Waals surface area contributed by atoms with Crippen LogP contribution >= 0.6 is 0 Å². The molecular weight excluding hydrogens is 392 g/mol. The molecular formula is C24H28N4O3. The topological polar surface area (TPSA) is 71.7 Å². The maximum absolute atomic E-state index is 12.9. The minimum atomic E-state index is -0.00649. The summed E-state index contributed by atoms with van der Waals surface area (Å²) >= 11 is 0. The van der Waals surface area contributed by atoms with Crippen molar-refractivity contribution in [3.8, 4) is 17.1 Å². The molecule has 2 aromatic carbocycles. The van der Waals surface area contributed by atoms with Crippen molar-refractivity contribution in [2.24, 2.45) is 0 Å². The number of amides is 1. The molecule has 1 fully saturated rings. The lowest BCUT2D eigenvalue weighted by molar-refractivity contribution is 0.0551. The second-order valence-electron chi connectivity index (χ2n) is 7.70. The van der Waals surface area contributed by atoms with Crippen LogP contribution in [0.2, 0.25) is 0 Å². The minimum absolute atomic E-state index is 0.00649. The average molecular weight is 421 g/mol. The number of carbonyl (C=O) groups is 1. The Kier molecular flexibility index (Phi) is 6.62. The molecule has 2 heterocycles. The van der Waals surface area contributed by atoms with Crippen LogP contribution in [0.4, 0.5) is 0 Å². The van der Waals surface area contributed by atoms with Gasteiger partial charge in [-0.3, -0.25) is 9.69 Å². The van der Waals surface area contributed by atoms with Gasteiger partial charge in [0.15, 0.2) is 0 Å². The minimum Gasteiger partial charge on any atom is -0.494 e. The van der Waals surface area contributed by atoms with Crippen molar-refractivity contribution in [1.82, 2.24) is 19.9 Å². The number of ether oxygens (including phenoxy) is 1. The third-order valence-electron chi connectivity index (χ3n) is 5.53. The van der Waals surface area contributed by atoms with E-state index in [0.29, 0.717) is 37.0 Å². The van der Waals surface area contributed by atoms with Crippen LogP contribution < -0.4 is 4.74 Å². The molecule has 0 spiro atoms. The summed E-state index contributed by atoms with van der Waals surface area (Å²) in [4.78, 5) is 21.7. The molecule has 0 radical (unpaired) electrons. The molecule has 1 unspecified atom stereocenters. The van der Waals surface area contributed by atoms with Gasteiger partial charge in [-0.2, -0.15) is 4.98 Å². The van der Waals surface area contributed by atoms with Crippen LogP contribution in [0.5, 0.6) is 5.75 Å². The lowest BCUT2D eigenvalue weighted by Gasteiger charge is -2.36. The summed E-state index contributed by atoms with van der Waals surface area (Å²) in [6, 6.07) is 17.2. The van der Waals surface area contributed by atoms with Gasteiger partial charge in [0, 0.05) is 37.3 Å². The van der Waals surface area contributed by atoms with Crippen LogP contribution in [-0.2, 0) is 0 Å². The first kappa shape index (κ1) is 21.1. The van der Waals surface area contributed by atoms with E-state index in [9.17, 15) is 4.79 Å². The fourth-order valence-corrected chi connectivity index (χ4v) is 3.70. The van der Waals surface area contributed by atoms with Gasteiger partial charge in [0.2, 0.25) is 11.7 Å². The molecule has 31 heavy (non-hydrogen) atoms. The third kappa shape index (κ3) is 4.94. The highest BCUT2D eigenvalue weighted by molar-refractivity contribution is 5.94. The van der Waals surface area contributed by atoms with Crippen LogP contribution in [-0.4, -0.2) is 58.6 Å². The Morgan fingerprint density at radius 2 is 1.87 bits per heavy atom. The van der Waals surface area contributed by atoms with Gasteiger partial charge in [-0.15, -0.1) is 0 Å². The van der Waals surface area contributed by atoms with Crippen molar-refractivity contribution in [2.75, 3.05) is 32.8 Å². The van der Waals surface area contributed by atoms with Gasteiger partial charge >= 0.3 is 0 Å². The first-order chi connectivity index (χ1) is 15.2. The normalized spacial score (nSPS) is 15.6. The molecule has 1 aliphatic rings. The number of aromatic nitrogens is 2. The van der Waals surface area contributed by atoms with E-state index in [4.69, 9.17) is 9.26 Å². The second-order valence-corrected chi connectivity index (χ2v) is 7.70. The maximum atomic E-state index is 12.9. The molecule has 1 aliphatic heterocycles. The number of piperazine rings is 1. The third-order valence-corrected chi connectivity index (χ3v) is 5.53. The number of hydrogen-bond donors (Lipinski definition) is 0. The van der Waals surface area contributed by atoms with Crippen molar-refractivity contribution in [3.05, 3.63) is 66.1 Å². The Hall–Kier alpha value is -3.19. The molecule has 0 bridgehead atoms. The van der Waals surface area contributed by atoms with Crippen LogP contribution in [0.15, 0.2) is 59.1 Å². The zero-order valence-electron chi connectivity index (χ0n) is 18.0. The van der Waals surface area contributed by atoms with E-state index in [1.54, 1.807) is 0 Å². The molecule has 1 amide bonds. The van der Waals surface area contributed by atoms with E-state index in [0.717, 1.165) is 30.8 Å². The molecule has 1 saturated heterocycles. The Bertz CT molecular complexity index is 997. The molecule has 0 saturated carbocycles. The zero-order chi connectivity index (χ0) is 21.6. The molecule has 0 N–H and O–H groups in total. The van der Waals surface area contributed by atoms with Gasteiger partial charge in [0.05, 0.1) is 12.6 Å². The summed E-state index contributed by atoms with van der Waals surface area (Å²) in [7, 11) is 0. The first-order valence-corrected chi connectivity index (χ1v) is 10.8. The second kappa shape index (κ2) is 9.75. The Morgan fingerprint density at radius 3 is 2.61 bits per heavy atom. The van der Waals surface area contributed by atoms with Crippen LogP contribution in [0.1, 0.15) is 42.6 Å². The summed E-state index contributed by atoms with van der Waals surface area (Å²) in [6.07, 6.45) is 0.936. The van der Waals surface area contributed by atoms with E-state index < -0.39 is 0 Å². The number of carbonyl (C=O) groups excluding carboxylic acids is 1. The maximum Gasteiger partial charge on any atom is 0.254 e. The van der Waals surface area contributed by atoms with Crippen molar-refractivity contribution < 1.29 is 14.1 Å². The molecule has 7 nitrogen and oxygen atoms in total. The van der Waals surface area contributed by atoms with Crippen molar-refractivity contribution in [2.45, 2.75) is 26.3 Å². The van der Waals surface area contributed by atoms with Crippen LogP contribution in [0, 0.1) is 0 Å². The molecule has 1 aromatic heterocycles. The van der Waals surface area contributed by atoms with Crippen molar-refractivity contribution in [1.29, 1.82) is 0 Å². The molecule has 1 atom stereocenters. The highest BCUT2D eigenvalue weighted by Gasteiger charge is 2.28. The fraction of sp³-hybridized carbons (Fsp3) is 0.375. The molecule has 162 valence electrons. The smallest absolute Gasteiger partial charge is 0.254 e. The predicted octanol–water partition coefficient (Wildman–Crippen LogP) is 4.04. The number of nitrogens with zero attached hydrogens (tertiary/aromatic N) is 4. The number of rotatable bonds is 7. The average Bonchev–Trinajstić information content (AvgIpc) is 3.33. The largest absolute Gasteiger partial charge is 0.494 e. The van der Waals surface area contributed by atoms with Gasteiger partial charge < -0.3 is 14.2 Å². The highest BCUT2D eigenvalue weighted by Crippen LogP contribution is 2.24. The highest BCUT2D eigenvalue weighted by atomic mass is 16.5. The molecule has 4 rings (SSSR count). The summed E-state index contributed by atoms with van der Waals surface area (Å²) in [5.74, 6) is 1.98. The molecule has 7 heteroatoms. The van der Waals surface area contributed by atoms with Crippen LogP contribution in [0.3, 0.4) is 0 Å². The van der Waals surface area contributed by atoms with E-state index in [1.807, 2.05) is 59.5 Å². The molecule has 0 aliphatic carbocycles. The summed E-state index contributed by atoms with van der Waals surface area (Å²) in [5, 5.41) is 4.13. The van der Waals surface area contributed by atoms with Crippen molar-refractivity contribution in [3.63, 3.8) is 0 Å². The standard InChI is InChI=1S/C24H28N4O3/c1-3-16-30-21-11-7-10-20(17-21)24(29)28-14-12-27(13-15-28)18(2)23-25-22(26-31-23)19-8-5-4-6-9-19/h4-11,17-18H,3,12-16H2,1-2H3. The van der Waals surface area contributed by atoms with E-state index in [-0.39, 0.29) is 11.9 Å². The number of benzene rings is 2. The lowest BCUT2D eigenvalue weighted by atomic mass is 10.1. The summed E-state index contributed by atoms with van der Waals surface area (Å²) in [6.45, 7) is 7.59. The van der Waals surface area contributed by atoms with E-state index in [2.05, 4.69) is 28.9 Å². The zero-order valence-corrected chi connectivity index (χ0v) is 18.0. The molecule has 3 aromatic rings. The SMILES string of the molecule is CCCOc1cccc(C(=O)N2CCN(C(C)c3nc(-c4ccccc4)no3)CC2)c1. The van der Waals surface area contributed by atoms with Crippen molar-refractivity contribution >= 4 is 5.91 Å². The Labute approximate surface area is 182 Å². The van der Waals surface area contributed by atoms with Crippen LogP contribution in [0.25, 0.3) is 11.4 Å². The van der Waals surface area contributed by atoms with Gasteiger partial charge in [-0.25, -0.2) is 0 Å². The first-order valence-electron chi connectivity index (χ1n) is 10.8.